The van der Waals surface area contributed by atoms with Gasteiger partial charge in [-0.1, -0.05) is 30.3 Å². The fraction of sp³-hybridized carbons (Fsp3) is 0.611. The van der Waals surface area contributed by atoms with E-state index in [1.807, 2.05) is 0 Å². The van der Waals surface area contributed by atoms with Crippen LogP contribution in [-0.4, -0.2) is 60.6 Å². The predicted octanol–water partition coefficient (Wildman–Crippen LogP) is 1.65. The molecule has 0 spiro atoms. The van der Waals surface area contributed by atoms with Crippen LogP contribution in [0.1, 0.15) is 25.3 Å². The van der Waals surface area contributed by atoms with E-state index in [1.165, 1.54) is 5.56 Å². The van der Waals surface area contributed by atoms with Crippen molar-refractivity contribution in [2.75, 3.05) is 32.7 Å². The van der Waals surface area contributed by atoms with Crippen molar-refractivity contribution >= 4 is 6.03 Å². The maximum absolute atomic E-state index is 11.8. The van der Waals surface area contributed by atoms with Crippen molar-refractivity contribution in [3.05, 3.63) is 35.9 Å². The molecule has 1 aliphatic heterocycles. The van der Waals surface area contributed by atoms with Gasteiger partial charge in [0.2, 0.25) is 0 Å². The van der Waals surface area contributed by atoms with Crippen molar-refractivity contribution in [2.24, 2.45) is 0 Å². The second-order valence-corrected chi connectivity index (χ2v) is 6.86. The molecule has 1 atom stereocenters. The van der Waals surface area contributed by atoms with Crippen LogP contribution in [0.4, 0.5) is 4.79 Å². The SMILES string of the molecule is C[C@@H](CN1CCN(Cc2ccccc2)CC1)NC(=O)NC1CC1. The van der Waals surface area contributed by atoms with Crippen LogP contribution in [0.5, 0.6) is 0 Å². The smallest absolute Gasteiger partial charge is 0.315 e. The van der Waals surface area contributed by atoms with Gasteiger partial charge in [0, 0.05) is 51.4 Å². The van der Waals surface area contributed by atoms with Crippen molar-refractivity contribution < 1.29 is 4.79 Å². The number of nitrogens with one attached hydrogen (secondary N) is 2. The summed E-state index contributed by atoms with van der Waals surface area (Å²) in [6.45, 7) is 8.38. The Kier molecular flexibility index (Phi) is 5.51. The number of benzene rings is 1. The van der Waals surface area contributed by atoms with Crippen LogP contribution in [0.3, 0.4) is 0 Å². The van der Waals surface area contributed by atoms with E-state index in [4.69, 9.17) is 0 Å². The number of carbonyl (C=O) groups is 1. The summed E-state index contributed by atoms with van der Waals surface area (Å²) in [6, 6.07) is 11.3. The Bertz CT molecular complexity index is 495. The molecule has 1 aromatic carbocycles. The number of nitrogens with zero attached hydrogens (tertiary/aromatic N) is 2. The first kappa shape index (κ1) is 16.3. The fourth-order valence-electron chi connectivity index (χ4n) is 3.08. The average Bonchev–Trinajstić information content (AvgIpc) is 3.34. The average molecular weight is 316 g/mol. The lowest BCUT2D eigenvalue weighted by Gasteiger charge is -2.36. The van der Waals surface area contributed by atoms with Gasteiger partial charge in [-0.2, -0.15) is 0 Å². The Hall–Kier alpha value is -1.59. The Labute approximate surface area is 139 Å². The lowest BCUT2D eigenvalue weighted by molar-refractivity contribution is 0.120. The van der Waals surface area contributed by atoms with Crippen molar-refractivity contribution in [3.63, 3.8) is 0 Å². The van der Waals surface area contributed by atoms with Gasteiger partial charge in [-0.3, -0.25) is 9.80 Å². The Morgan fingerprint density at radius 2 is 1.78 bits per heavy atom. The van der Waals surface area contributed by atoms with E-state index in [2.05, 4.69) is 57.7 Å². The van der Waals surface area contributed by atoms with Gasteiger partial charge >= 0.3 is 6.03 Å². The van der Waals surface area contributed by atoms with Crippen LogP contribution >= 0.6 is 0 Å². The molecule has 0 aromatic heterocycles. The van der Waals surface area contributed by atoms with E-state index >= 15 is 0 Å². The number of rotatable bonds is 6. The van der Waals surface area contributed by atoms with Gasteiger partial charge in [-0.15, -0.1) is 0 Å². The quantitative estimate of drug-likeness (QED) is 0.839. The van der Waals surface area contributed by atoms with Gasteiger partial charge in [0.15, 0.2) is 0 Å². The third kappa shape index (κ3) is 5.52. The van der Waals surface area contributed by atoms with Crippen LogP contribution in [-0.2, 0) is 6.54 Å². The third-order valence-electron chi connectivity index (χ3n) is 4.54. The molecule has 126 valence electrons. The van der Waals surface area contributed by atoms with Crippen LogP contribution in [0.25, 0.3) is 0 Å². The zero-order chi connectivity index (χ0) is 16.1. The molecule has 2 amide bonds. The van der Waals surface area contributed by atoms with Crippen LogP contribution in [0.15, 0.2) is 30.3 Å². The van der Waals surface area contributed by atoms with E-state index < -0.39 is 0 Å². The van der Waals surface area contributed by atoms with Gasteiger partial charge in [0.05, 0.1) is 0 Å². The molecule has 1 aromatic rings. The second-order valence-electron chi connectivity index (χ2n) is 6.86. The van der Waals surface area contributed by atoms with E-state index in [9.17, 15) is 4.79 Å². The van der Waals surface area contributed by atoms with Crippen LogP contribution in [0, 0.1) is 0 Å². The summed E-state index contributed by atoms with van der Waals surface area (Å²) in [5, 5.41) is 6.02. The highest BCUT2D eigenvalue weighted by Gasteiger charge is 2.24. The predicted molar refractivity (Wildman–Crippen MR) is 92.3 cm³/mol. The number of urea groups is 1. The van der Waals surface area contributed by atoms with E-state index in [0.717, 1.165) is 52.1 Å². The molecule has 1 aliphatic carbocycles. The van der Waals surface area contributed by atoms with Gasteiger partial charge in [-0.05, 0) is 25.3 Å². The first-order valence-corrected chi connectivity index (χ1v) is 8.75. The molecule has 2 aliphatic rings. The molecule has 1 saturated carbocycles. The number of hydrogen-bond donors (Lipinski definition) is 2. The normalized spacial score (nSPS) is 20.9. The van der Waals surface area contributed by atoms with Crippen molar-refractivity contribution in [1.29, 1.82) is 0 Å². The fourth-order valence-corrected chi connectivity index (χ4v) is 3.08. The summed E-state index contributed by atoms with van der Waals surface area (Å²) in [7, 11) is 0. The third-order valence-corrected chi connectivity index (χ3v) is 4.54. The highest BCUT2D eigenvalue weighted by Crippen LogP contribution is 2.18. The van der Waals surface area contributed by atoms with Crippen molar-refractivity contribution in [2.45, 2.75) is 38.4 Å². The van der Waals surface area contributed by atoms with Gasteiger partial charge < -0.3 is 10.6 Å². The van der Waals surface area contributed by atoms with Gasteiger partial charge in [0.25, 0.3) is 0 Å². The number of piperazine rings is 1. The second kappa shape index (κ2) is 7.79. The van der Waals surface area contributed by atoms with E-state index in [0.29, 0.717) is 6.04 Å². The van der Waals surface area contributed by atoms with Crippen molar-refractivity contribution in [1.82, 2.24) is 20.4 Å². The molecule has 0 unspecified atom stereocenters. The summed E-state index contributed by atoms with van der Waals surface area (Å²) in [5.74, 6) is 0. The zero-order valence-electron chi connectivity index (χ0n) is 14.0. The molecule has 0 bridgehead atoms. The summed E-state index contributed by atoms with van der Waals surface area (Å²) in [5.41, 5.74) is 1.38. The first-order chi connectivity index (χ1) is 11.2. The van der Waals surface area contributed by atoms with Crippen LogP contribution < -0.4 is 10.6 Å². The summed E-state index contributed by atoms with van der Waals surface area (Å²) < 4.78 is 0. The Morgan fingerprint density at radius 1 is 1.13 bits per heavy atom. The van der Waals surface area contributed by atoms with Gasteiger partial charge in [-0.25, -0.2) is 4.79 Å². The molecular formula is C18H28N4O. The minimum absolute atomic E-state index is 0.0114. The summed E-state index contributed by atoms with van der Waals surface area (Å²) >= 11 is 0. The van der Waals surface area contributed by atoms with Crippen LogP contribution in [0.2, 0.25) is 0 Å². The molecule has 2 fully saturated rings. The highest BCUT2D eigenvalue weighted by molar-refractivity contribution is 5.74. The Morgan fingerprint density at radius 3 is 2.43 bits per heavy atom. The maximum Gasteiger partial charge on any atom is 0.315 e. The largest absolute Gasteiger partial charge is 0.335 e. The lowest BCUT2D eigenvalue weighted by atomic mass is 10.2. The standard InChI is InChI=1S/C18H28N4O/c1-15(19-18(23)20-17-7-8-17)13-21-9-11-22(12-10-21)14-16-5-3-2-4-6-16/h2-6,15,17H,7-14H2,1H3,(H2,19,20,23)/t15-/m0/s1. The maximum atomic E-state index is 11.8. The minimum atomic E-state index is -0.0114. The Balaban J connectivity index is 1.34. The molecule has 0 radical (unpaired) electrons. The molecule has 5 nitrogen and oxygen atoms in total. The monoisotopic (exact) mass is 316 g/mol. The molecule has 1 heterocycles. The highest BCUT2D eigenvalue weighted by atomic mass is 16.2. The molecular weight excluding hydrogens is 288 g/mol. The molecule has 1 saturated heterocycles. The summed E-state index contributed by atoms with van der Waals surface area (Å²) in [6.07, 6.45) is 2.26. The summed E-state index contributed by atoms with van der Waals surface area (Å²) in [4.78, 5) is 16.7. The van der Waals surface area contributed by atoms with Gasteiger partial charge in [0.1, 0.15) is 0 Å². The topological polar surface area (TPSA) is 47.6 Å². The number of amides is 2. The number of hydrogen-bond acceptors (Lipinski definition) is 3. The van der Waals surface area contributed by atoms with E-state index in [1.54, 1.807) is 0 Å². The zero-order valence-corrected chi connectivity index (χ0v) is 14.0. The molecule has 5 heteroatoms. The minimum Gasteiger partial charge on any atom is -0.335 e. The first-order valence-electron chi connectivity index (χ1n) is 8.75. The lowest BCUT2D eigenvalue weighted by Crippen LogP contribution is -2.51. The molecule has 2 N–H and O–H groups in total. The van der Waals surface area contributed by atoms with E-state index in [-0.39, 0.29) is 12.1 Å². The molecule has 23 heavy (non-hydrogen) atoms. The van der Waals surface area contributed by atoms with Crippen molar-refractivity contribution in [3.8, 4) is 0 Å². The number of carbonyl (C=O) groups excluding carboxylic acids is 1. The molecule has 3 rings (SSSR count).